The van der Waals surface area contributed by atoms with E-state index in [1.807, 2.05) is 66.7 Å². The van der Waals surface area contributed by atoms with E-state index < -0.39 is 11.6 Å². The SMILES string of the molecule is C=Cc1ccccc1.CC(=O)c1cc(OCc2ccccc2)ccc1/C=C/C(=O)OC(C)(C)C. The molecule has 0 saturated carbocycles. The standard InChI is InChI=1S/C22H24O4.C8H8/c1-16(23)20-14-19(25-15-17-8-6-5-7-9-17)12-10-18(20)11-13-21(24)26-22(2,3)4;1-2-8-6-4-3-5-7-8/h5-14H,15H2,1-4H3;2-7H,1H2/b13-11+;. The molecule has 34 heavy (non-hydrogen) atoms. The van der Waals surface area contributed by atoms with Gasteiger partial charge in [-0.15, -0.1) is 0 Å². The molecule has 4 nitrogen and oxygen atoms in total. The maximum Gasteiger partial charge on any atom is 0.331 e. The predicted molar refractivity (Wildman–Crippen MR) is 139 cm³/mol. The Kier molecular flexibility index (Phi) is 10.0. The second kappa shape index (κ2) is 12.9. The fourth-order valence-corrected chi connectivity index (χ4v) is 2.90. The van der Waals surface area contributed by atoms with Gasteiger partial charge in [0.05, 0.1) is 0 Å². The van der Waals surface area contributed by atoms with Gasteiger partial charge in [-0.25, -0.2) is 4.79 Å². The lowest BCUT2D eigenvalue weighted by atomic mass is 10.0. The summed E-state index contributed by atoms with van der Waals surface area (Å²) in [5.74, 6) is 0.0591. The van der Waals surface area contributed by atoms with Gasteiger partial charge in [-0.1, -0.05) is 79.4 Å². The Hall–Kier alpha value is -3.92. The van der Waals surface area contributed by atoms with Gasteiger partial charge in [0.1, 0.15) is 18.0 Å². The van der Waals surface area contributed by atoms with Gasteiger partial charge in [-0.05, 0) is 62.6 Å². The van der Waals surface area contributed by atoms with Crippen LogP contribution >= 0.6 is 0 Å². The first-order chi connectivity index (χ1) is 16.2. The molecule has 0 heterocycles. The Morgan fingerprint density at radius 2 is 1.53 bits per heavy atom. The Morgan fingerprint density at radius 3 is 2.06 bits per heavy atom. The van der Waals surface area contributed by atoms with Crippen LogP contribution in [-0.4, -0.2) is 17.4 Å². The van der Waals surface area contributed by atoms with Crippen molar-refractivity contribution in [3.63, 3.8) is 0 Å². The van der Waals surface area contributed by atoms with Crippen LogP contribution in [0, 0.1) is 0 Å². The normalized spacial score (nSPS) is 10.7. The van der Waals surface area contributed by atoms with E-state index in [1.54, 1.807) is 45.0 Å². The minimum atomic E-state index is -0.556. The molecule has 0 spiro atoms. The molecule has 0 fully saturated rings. The third-order valence-electron chi connectivity index (χ3n) is 4.49. The number of ketones is 1. The molecule has 0 saturated heterocycles. The van der Waals surface area contributed by atoms with E-state index in [0.717, 1.165) is 5.56 Å². The minimum absolute atomic E-state index is 0.0981. The molecule has 0 radical (unpaired) electrons. The molecule has 3 aromatic carbocycles. The number of hydrogen-bond donors (Lipinski definition) is 0. The average molecular weight is 457 g/mol. The van der Waals surface area contributed by atoms with Gasteiger partial charge in [-0.3, -0.25) is 4.79 Å². The molecular formula is C30H32O4. The van der Waals surface area contributed by atoms with E-state index in [2.05, 4.69) is 6.58 Å². The van der Waals surface area contributed by atoms with Crippen molar-refractivity contribution in [2.24, 2.45) is 0 Å². The van der Waals surface area contributed by atoms with Crippen molar-refractivity contribution < 1.29 is 19.1 Å². The first-order valence-corrected chi connectivity index (χ1v) is 11.1. The van der Waals surface area contributed by atoms with Gasteiger partial charge in [0.25, 0.3) is 0 Å². The molecule has 3 rings (SSSR count). The third-order valence-corrected chi connectivity index (χ3v) is 4.49. The van der Waals surface area contributed by atoms with Crippen molar-refractivity contribution in [2.45, 2.75) is 39.9 Å². The highest BCUT2D eigenvalue weighted by molar-refractivity contribution is 5.99. The molecule has 0 aliphatic heterocycles. The zero-order valence-electron chi connectivity index (χ0n) is 20.3. The van der Waals surface area contributed by atoms with Gasteiger partial charge in [0.15, 0.2) is 5.78 Å². The average Bonchev–Trinajstić information content (AvgIpc) is 2.82. The first kappa shape index (κ1) is 26.3. The summed E-state index contributed by atoms with van der Waals surface area (Å²) >= 11 is 0. The minimum Gasteiger partial charge on any atom is -0.489 e. The molecule has 176 valence electrons. The van der Waals surface area contributed by atoms with E-state index in [9.17, 15) is 9.59 Å². The summed E-state index contributed by atoms with van der Waals surface area (Å²) < 4.78 is 11.0. The summed E-state index contributed by atoms with van der Waals surface area (Å²) in [6.45, 7) is 11.0. The number of esters is 1. The molecule has 0 aliphatic rings. The zero-order chi connectivity index (χ0) is 25.0. The molecule has 0 amide bonds. The van der Waals surface area contributed by atoms with Gasteiger partial charge < -0.3 is 9.47 Å². The van der Waals surface area contributed by atoms with Crippen molar-refractivity contribution >= 4 is 23.9 Å². The zero-order valence-corrected chi connectivity index (χ0v) is 20.3. The maximum atomic E-state index is 12.0. The van der Waals surface area contributed by atoms with E-state index in [4.69, 9.17) is 9.47 Å². The van der Waals surface area contributed by atoms with Gasteiger partial charge in [0.2, 0.25) is 0 Å². The second-order valence-corrected chi connectivity index (χ2v) is 8.56. The highest BCUT2D eigenvalue weighted by Crippen LogP contribution is 2.21. The summed E-state index contributed by atoms with van der Waals surface area (Å²) in [7, 11) is 0. The van der Waals surface area contributed by atoms with Crippen LogP contribution in [-0.2, 0) is 16.1 Å². The van der Waals surface area contributed by atoms with Crippen molar-refractivity contribution in [1.82, 2.24) is 0 Å². The lowest BCUT2D eigenvalue weighted by molar-refractivity contribution is -0.148. The Morgan fingerprint density at radius 1 is 0.912 bits per heavy atom. The monoisotopic (exact) mass is 456 g/mol. The number of Topliss-reactive ketones (excluding diaryl/α,β-unsaturated/α-hetero) is 1. The quantitative estimate of drug-likeness (QED) is 0.215. The van der Waals surface area contributed by atoms with Gasteiger partial charge >= 0.3 is 5.97 Å². The van der Waals surface area contributed by atoms with Crippen LogP contribution in [0.15, 0.2) is 91.5 Å². The van der Waals surface area contributed by atoms with Gasteiger partial charge in [-0.2, -0.15) is 0 Å². The van der Waals surface area contributed by atoms with Crippen LogP contribution in [0.4, 0.5) is 0 Å². The smallest absolute Gasteiger partial charge is 0.331 e. The number of carbonyl (C=O) groups excluding carboxylic acids is 2. The number of hydrogen-bond acceptors (Lipinski definition) is 4. The summed E-state index contributed by atoms with van der Waals surface area (Å²) in [5, 5.41) is 0. The molecular weight excluding hydrogens is 424 g/mol. The fraction of sp³-hybridized carbons (Fsp3) is 0.200. The van der Waals surface area contributed by atoms with E-state index >= 15 is 0 Å². The molecule has 0 aromatic heterocycles. The summed E-state index contributed by atoms with van der Waals surface area (Å²) in [4.78, 5) is 23.8. The molecule has 0 aliphatic carbocycles. The Balaban J connectivity index is 0.000000430. The number of carbonyl (C=O) groups is 2. The lowest BCUT2D eigenvalue weighted by Gasteiger charge is -2.18. The van der Waals surface area contributed by atoms with Crippen LogP contribution in [0.5, 0.6) is 5.75 Å². The van der Waals surface area contributed by atoms with E-state index in [-0.39, 0.29) is 5.78 Å². The molecule has 4 heteroatoms. The van der Waals surface area contributed by atoms with Gasteiger partial charge in [0, 0.05) is 11.6 Å². The molecule has 3 aromatic rings. The summed E-state index contributed by atoms with van der Waals surface area (Å²) in [6, 6.07) is 25.1. The number of ether oxygens (including phenoxy) is 2. The highest BCUT2D eigenvalue weighted by atomic mass is 16.6. The van der Waals surface area contributed by atoms with Crippen LogP contribution in [0.3, 0.4) is 0 Å². The Labute approximate surface area is 202 Å². The predicted octanol–water partition coefficient (Wildman–Crippen LogP) is 7.15. The topological polar surface area (TPSA) is 52.6 Å². The maximum absolute atomic E-state index is 12.0. The Bertz CT molecular complexity index is 1110. The van der Waals surface area contributed by atoms with Crippen molar-refractivity contribution in [2.75, 3.05) is 0 Å². The number of benzene rings is 3. The molecule has 0 bridgehead atoms. The largest absolute Gasteiger partial charge is 0.489 e. The first-order valence-electron chi connectivity index (χ1n) is 11.1. The number of rotatable bonds is 7. The van der Waals surface area contributed by atoms with Crippen molar-refractivity contribution in [3.05, 3.63) is 114 Å². The van der Waals surface area contributed by atoms with E-state index in [1.165, 1.54) is 18.6 Å². The summed E-state index contributed by atoms with van der Waals surface area (Å²) in [5.41, 5.74) is 2.81. The highest BCUT2D eigenvalue weighted by Gasteiger charge is 2.14. The molecule has 0 N–H and O–H groups in total. The fourth-order valence-electron chi connectivity index (χ4n) is 2.90. The second-order valence-electron chi connectivity index (χ2n) is 8.56. The van der Waals surface area contributed by atoms with Crippen LogP contribution in [0.1, 0.15) is 54.7 Å². The van der Waals surface area contributed by atoms with Crippen LogP contribution < -0.4 is 4.74 Å². The van der Waals surface area contributed by atoms with Crippen LogP contribution in [0.2, 0.25) is 0 Å². The van der Waals surface area contributed by atoms with Crippen LogP contribution in [0.25, 0.3) is 12.2 Å². The van der Waals surface area contributed by atoms with Crippen molar-refractivity contribution in [3.8, 4) is 5.75 Å². The molecule has 0 unspecified atom stereocenters. The molecule has 0 atom stereocenters. The summed E-state index contributed by atoms with van der Waals surface area (Å²) in [6.07, 6.45) is 4.75. The lowest BCUT2D eigenvalue weighted by Crippen LogP contribution is -2.22. The van der Waals surface area contributed by atoms with E-state index in [0.29, 0.717) is 23.5 Å². The van der Waals surface area contributed by atoms with Crippen molar-refractivity contribution in [1.29, 1.82) is 0 Å². The third kappa shape index (κ3) is 9.70.